The van der Waals surface area contributed by atoms with Crippen LogP contribution in [0.2, 0.25) is 0 Å². The molecule has 0 fully saturated rings. The number of halogens is 1. The van der Waals surface area contributed by atoms with Gasteiger partial charge in [0.05, 0.1) is 11.4 Å². The van der Waals surface area contributed by atoms with Crippen molar-refractivity contribution in [3.05, 3.63) is 22.7 Å². The molecule has 4 heteroatoms. The van der Waals surface area contributed by atoms with Crippen LogP contribution in [0, 0.1) is 0 Å². The standard InChI is InChI=1S/C12H15BrN2O/c1-7(2)15-10-6-4-5-9(13)11(10)14-8(3)12(15)16/h4-8,14H,1-3H3. The predicted molar refractivity (Wildman–Crippen MR) is 69.8 cm³/mol. The fourth-order valence-electron chi connectivity index (χ4n) is 1.99. The van der Waals surface area contributed by atoms with Crippen molar-refractivity contribution in [2.75, 3.05) is 10.2 Å². The summed E-state index contributed by atoms with van der Waals surface area (Å²) in [5.41, 5.74) is 1.95. The zero-order valence-electron chi connectivity index (χ0n) is 9.62. The van der Waals surface area contributed by atoms with Gasteiger partial charge < -0.3 is 10.2 Å². The molecule has 1 aliphatic rings. The highest BCUT2D eigenvalue weighted by Gasteiger charge is 2.31. The summed E-state index contributed by atoms with van der Waals surface area (Å²) in [5.74, 6) is 0.126. The number of hydrogen-bond donors (Lipinski definition) is 1. The Bertz CT molecular complexity index is 431. The molecular formula is C12H15BrN2O. The smallest absolute Gasteiger partial charge is 0.249 e. The number of hydrogen-bond acceptors (Lipinski definition) is 2. The Morgan fingerprint density at radius 1 is 1.44 bits per heavy atom. The molecule has 0 saturated carbocycles. The third-order valence-electron chi connectivity index (χ3n) is 2.74. The summed E-state index contributed by atoms with van der Waals surface area (Å²) in [6.45, 7) is 5.95. The predicted octanol–water partition coefficient (Wildman–Crippen LogP) is 3.00. The Hall–Kier alpha value is -1.03. The first-order valence-corrected chi connectivity index (χ1v) is 6.19. The molecule has 0 bridgehead atoms. The molecule has 3 nitrogen and oxygen atoms in total. The fraction of sp³-hybridized carbons (Fsp3) is 0.417. The van der Waals surface area contributed by atoms with E-state index in [1.807, 2.05) is 43.9 Å². The van der Waals surface area contributed by atoms with Crippen molar-refractivity contribution in [3.8, 4) is 0 Å². The van der Waals surface area contributed by atoms with Crippen LogP contribution in [-0.4, -0.2) is 18.0 Å². The van der Waals surface area contributed by atoms with Gasteiger partial charge >= 0.3 is 0 Å². The lowest BCUT2D eigenvalue weighted by atomic mass is 10.1. The summed E-state index contributed by atoms with van der Waals surface area (Å²) in [6, 6.07) is 5.89. The van der Waals surface area contributed by atoms with Crippen molar-refractivity contribution in [1.29, 1.82) is 0 Å². The molecule has 1 aromatic carbocycles. The third kappa shape index (κ3) is 1.71. The molecule has 0 aromatic heterocycles. The lowest BCUT2D eigenvalue weighted by molar-refractivity contribution is -0.119. The Morgan fingerprint density at radius 3 is 2.75 bits per heavy atom. The van der Waals surface area contributed by atoms with Gasteiger partial charge in [-0.25, -0.2) is 0 Å². The highest BCUT2D eigenvalue weighted by molar-refractivity contribution is 9.10. The average Bonchev–Trinajstić information content (AvgIpc) is 2.21. The number of fused-ring (bicyclic) bond motifs is 1. The molecule has 1 atom stereocenters. The topological polar surface area (TPSA) is 32.3 Å². The summed E-state index contributed by atoms with van der Waals surface area (Å²) in [6.07, 6.45) is 0. The Labute approximate surface area is 104 Å². The van der Waals surface area contributed by atoms with Crippen LogP contribution in [0.15, 0.2) is 22.7 Å². The van der Waals surface area contributed by atoms with E-state index < -0.39 is 0 Å². The highest BCUT2D eigenvalue weighted by Crippen LogP contribution is 2.38. The molecule has 1 aliphatic heterocycles. The molecule has 0 saturated heterocycles. The zero-order valence-corrected chi connectivity index (χ0v) is 11.2. The molecule has 2 rings (SSSR count). The van der Waals surface area contributed by atoms with E-state index >= 15 is 0 Å². The van der Waals surface area contributed by atoms with Crippen molar-refractivity contribution in [2.45, 2.75) is 32.9 Å². The van der Waals surface area contributed by atoms with Crippen LogP contribution in [0.25, 0.3) is 0 Å². The summed E-state index contributed by atoms with van der Waals surface area (Å²) in [7, 11) is 0. The summed E-state index contributed by atoms with van der Waals surface area (Å²) >= 11 is 3.51. The Morgan fingerprint density at radius 2 is 2.12 bits per heavy atom. The molecule has 86 valence electrons. The maximum atomic E-state index is 12.1. The molecule has 16 heavy (non-hydrogen) atoms. The number of nitrogens with zero attached hydrogens (tertiary/aromatic N) is 1. The van der Waals surface area contributed by atoms with Gasteiger partial charge in [-0.3, -0.25) is 4.79 Å². The van der Waals surface area contributed by atoms with Gasteiger partial charge in [0.2, 0.25) is 5.91 Å². The van der Waals surface area contributed by atoms with Gasteiger partial charge in [-0.1, -0.05) is 6.07 Å². The number of benzene rings is 1. The molecule has 1 unspecified atom stereocenters. The van der Waals surface area contributed by atoms with Gasteiger partial charge in [-0.05, 0) is 48.8 Å². The molecular weight excluding hydrogens is 268 g/mol. The second-order valence-corrected chi connectivity index (χ2v) is 5.16. The van der Waals surface area contributed by atoms with E-state index in [4.69, 9.17) is 0 Å². The number of anilines is 2. The molecule has 0 radical (unpaired) electrons. The first kappa shape index (κ1) is 11.5. The number of carbonyl (C=O) groups is 1. The summed E-state index contributed by atoms with van der Waals surface area (Å²) in [4.78, 5) is 13.9. The van der Waals surface area contributed by atoms with E-state index in [0.717, 1.165) is 15.8 Å². The Kier molecular flexibility index (Phi) is 2.93. The molecule has 1 aromatic rings. The van der Waals surface area contributed by atoms with Crippen molar-refractivity contribution < 1.29 is 4.79 Å². The second-order valence-electron chi connectivity index (χ2n) is 4.30. The van der Waals surface area contributed by atoms with Gasteiger partial charge in [-0.2, -0.15) is 0 Å². The van der Waals surface area contributed by atoms with Gasteiger partial charge in [-0.15, -0.1) is 0 Å². The van der Waals surface area contributed by atoms with Crippen LogP contribution in [-0.2, 0) is 4.79 Å². The van der Waals surface area contributed by atoms with E-state index in [1.54, 1.807) is 0 Å². The van der Waals surface area contributed by atoms with Crippen LogP contribution in [0.1, 0.15) is 20.8 Å². The average molecular weight is 283 g/mol. The fourth-order valence-corrected chi connectivity index (χ4v) is 2.46. The van der Waals surface area contributed by atoms with E-state index in [9.17, 15) is 4.79 Å². The van der Waals surface area contributed by atoms with E-state index in [-0.39, 0.29) is 18.0 Å². The van der Waals surface area contributed by atoms with E-state index in [0.29, 0.717) is 0 Å². The van der Waals surface area contributed by atoms with Crippen LogP contribution in [0.3, 0.4) is 0 Å². The van der Waals surface area contributed by atoms with Gasteiger partial charge in [0.15, 0.2) is 0 Å². The maximum Gasteiger partial charge on any atom is 0.249 e. The molecule has 1 amide bonds. The van der Waals surface area contributed by atoms with Gasteiger partial charge in [0, 0.05) is 10.5 Å². The molecule has 0 aliphatic carbocycles. The quantitative estimate of drug-likeness (QED) is 0.859. The minimum atomic E-state index is -0.173. The Balaban J connectivity index is 2.56. The normalized spacial score (nSPS) is 19.7. The van der Waals surface area contributed by atoms with E-state index in [2.05, 4.69) is 21.2 Å². The van der Waals surface area contributed by atoms with Crippen molar-refractivity contribution in [1.82, 2.24) is 0 Å². The first-order chi connectivity index (χ1) is 7.52. The number of carbonyl (C=O) groups excluding carboxylic acids is 1. The molecule has 0 spiro atoms. The van der Waals surface area contributed by atoms with Gasteiger partial charge in [0.25, 0.3) is 0 Å². The minimum Gasteiger partial charge on any atom is -0.371 e. The van der Waals surface area contributed by atoms with Crippen molar-refractivity contribution in [3.63, 3.8) is 0 Å². The number of nitrogens with one attached hydrogen (secondary N) is 1. The minimum absolute atomic E-state index is 0.126. The number of para-hydroxylation sites is 1. The highest BCUT2D eigenvalue weighted by atomic mass is 79.9. The summed E-state index contributed by atoms with van der Waals surface area (Å²) < 4.78 is 0.995. The first-order valence-electron chi connectivity index (χ1n) is 5.40. The number of rotatable bonds is 1. The third-order valence-corrected chi connectivity index (χ3v) is 3.40. The van der Waals surface area contributed by atoms with Crippen molar-refractivity contribution in [2.24, 2.45) is 0 Å². The van der Waals surface area contributed by atoms with Crippen LogP contribution in [0.5, 0.6) is 0 Å². The van der Waals surface area contributed by atoms with Crippen molar-refractivity contribution >= 4 is 33.2 Å². The van der Waals surface area contributed by atoms with Crippen LogP contribution in [0.4, 0.5) is 11.4 Å². The monoisotopic (exact) mass is 282 g/mol. The SMILES string of the molecule is CC1Nc2c(Br)cccc2N(C(C)C)C1=O. The van der Waals surface area contributed by atoms with E-state index in [1.165, 1.54) is 0 Å². The lowest BCUT2D eigenvalue weighted by Gasteiger charge is -2.37. The second kappa shape index (κ2) is 4.09. The lowest BCUT2D eigenvalue weighted by Crippen LogP contribution is -2.49. The largest absolute Gasteiger partial charge is 0.371 e. The van der Waals surface area contributed by atoms with Crippen LogP contribution < -0.4 is 10.2 Å². The number of amides is 1. The van der Waals surface area contributed by atoms with Crippen LogP contribution >= 0.6 is 15.9 Å². The summed E-state index contributed by atoms with van der Waals surface area (Å²) in [5, 5.41) is 3.22. The zero-order chi connectivity index (χ0) is 11.9. The maximum absolute atomic E-state index is 12.1. The van der Waals surface area contributed by atoms with Gasteiger partial charge in [0.1, 0.15) is 6.04 Å². The molecule has 1 N–H and O–H groups in total. The molecule has 1 heterocycles.